The number of carbonyl (C=O) groups is 1. The van der Waals surface area contributed by atoms with Crippen LogP contribution in [0.25, 0.3) is 11.0 Å². The molecule has 0 saturated heterocycles. The van der Waals surface area contributed by atoms with Crippen molar-refractivity contribution in [3.8, 4) is 5.75 Å². The van der Waals surface area contributed by atoms with E-state index in [1.54, 1.807) is 12.1 Å². The Morgan fingerprint density at radius 3 is 2.41 bits per heavy atom. The van der Waals surface area contributed by atoms with Crippen LogP contribution in [-0.2, 0) is 6.42 Å². The summed E-state index contributed by atoms with van der Waals surface area (Å²) in [5.74, 6) is 0.101. The van der Waals surface area contributed by atoms with Gasteiger partial charge in [0.05, 0.1) is 17.6 Å². The maximum atomic E-state index is 13.7. The number of rotatable bonds is 10. The summed E-state index contributed by atoms with van der Waals surface area (Å²) in [4.78, 5) is 28.0. The molecule has 0 aliphatic heterocycles. The summed E-state index contributed by atoms with van der Waals surface area (Å²) in [5, 5.41) is 10.1. The van der Waals surface area contributed by atoms with Crippen LogP contribution in [0.3, 0.4) is 0 Å². The van der Waals surface area contributed by atoms with Crippen LogP contribution in [0.4, 0.5) is 0 Å². The monoisotopic (exact) mass is 463 g/mol. The molecule has 1 heterocycles. The molecule has 1 aliphatic carbocycles. The number of aryl methyl sites for hydroxylation is 1. The maximum Gasteiger partial charge on any atom is 0.335 e. The minimum absolute atomic E-state index is 0.0691. The lowest BCUT2D eigenvalue weighted by Crippen LogP contribution is -2.26. The van der Waals surface area contributed by atoms with Crippen molar-refractivity contribution in [3.63, 3.8) is 0 Å². The normalized spacial score (nSPS) is 17.3. The van der Waals surface area contributed by atoms with E-state index in [9.17, 15) is 14.7 Å². The van der Waals surface area contributed by atoms with Crippen molar-refractivity contribution in [1.29, 1.82) is 0 Å². The second-order valence-electron chi connectivity index (χ2n) is 8.96. The van der Waals surface area contributed by atoms with Crippen LogP contribution in [-0.4, -0.2) is 42.2 Å². The summed E-state index contributed by atoms with van der Waals surface area (Å²) >= 11 is 0. The van der Waals surface area contributed by atoms with Crippen molar-refractivity contribution in [2.45, 2.75) is 52.4 Å². The first-order valence-electron chi connectivity index (χ1n) is 12.2. The highest BCUT2D eigenvalue weighted by Crippen LogP contribution is 2.56. The molecule has 6 heteroatoms. The van der Waals surface area contributed by atoms with Crippen molar-refractivity contribution in [2.24, 2.45) is 0 Å². The van der Waals surface area contributed by atoms with Crippen LogP contribution in [0.2, 0.25) is 0 Å². The van der Waals surface area contributed by atoms with E-state index in [1.165, 1.54) is 11.1 Å². The van der Waals surface area contributed by atoms with Gasteiger partial charge in [-0.25, -0.2) is 4.79 Å². The molecule has 0 bridgehead atoms. The molecule has 1 saturated carbocycles. The number of nitrogens with zero attached hydrogens (tertiary/aromatic N) is 1. The number of carboxylic acids is 1. The van der Waals surface area contributed by atoms with Gasteiger partial charge in [-0.05, 0) is 69.0 Å². The zero-order valence-electron chi connectivity index (χ0n) is 20.4. The topological polar surface area (TPSA) is 80.0 Å². The van der Waals surface area contributed by atoms with Gasteiger partial charge in [0.25, 0.3) is 0 Å². The Morgan fingerprint density at radius 2 is 1.79 bits per heavy atom. The zero-order chi connectivity index (χ0) is 24.4. The van der Waals surface area contributed by atoms with E-state index in [0.29, 0.717) is 41.9 Å². The van der Waals surface area contributed by atoms with Crippen molar-refractivity contribution in [3.05, 3.63) is 74.6 Å². The molecule has 1 N–H and O–H groups in total. The van der Waals surface area contributed by atoms with E-state index in [2.05, 4.69) is 49.9 Å². The highest BCUT2D eigenvalue weighted by atomic mass is 16.5. The molecule has 3 aromatic rings. The van der Waals surface area contributed by atoms with E-state index in [1.807, 2.05) is 6.92 Å². The van der Waals surface area contributed by atoms with Crippen molar-refractivity contribution in [2.75, 3.05) is 26.2 Å². The molecule has 6 nitrogen and oxygen atoms in total. The molecule has 2 atom stereocenters. The van der Waals surface area contributed by atoms with Gasteiger partial charge in [-0.2, -0.15) is 0 Å². The molecule has 1 fully saturated rings. The number of benzene rings is 2. The summed E-state index contributed by atoms with van der Waals surface area (Å²) in [6.07, 6.45) is 1.34. The Hall–Kier alpha value is -3.12. The Bertz CT molecular complexity index is 1240. The standard InChI is InChI=1S/C28H33NO5/c1-5-29(6-2)15-14-19-20(28(31)32)12-13-23-24(19)25(30)27(33-7-3)26(34-23)22-16-21(22)18-10-8-17(4)9-11-18/h8-13,21-22H,5-7,14-16H2,1-4H3,(H,31,32). The molecule has 0 radical (unpaired) electrons. The molecule has 2 unspecified atom stereocenters. The first kappa shape index (κ1) is 24.0. The summed E-state index contributed by atoms with van der Waals surface area (Å²) in [6.45, 7) is 10.7. The van der Waals surface area contributed by atoms with E-state index in [0.717, 1.165) is 19.5 Å². The molecular formula is C28H33NO5. The van der Waals surface area contributed by atoms with Crippen LogP contribution in [0, 0.1) is 6.92 Å². The maximum absolute atomic E-state index is 13.7. The molecule has 180 valence electrons. The number of likely N-dealkylation sites (N-methyl/N-ethyl adjacent to an activating group) is 1. The van der Waals surface area contributed by atoms with Gasteiger partial charge in [0, 0.05) is 12.5 Å². The largest absolute Gasteiger partial charge is 0.487 e. The number of hydrogen-bond acceptors (Lipinski definition) is 5. The Balaban J connectivity index is 1.81. The average Bonchev–Trinajstić information content (AvgIpc) is 3.62. The summed E-state index contributed by atoms with van der Waals surface area (Å²) in [7, 11) is 0. The molecule has 4 rings (SSSR count). The number of aromatic carboxylic acids is 1. The minimum atomic E-state index is -1.04. The molecule has 34 heavy (non-hydrogen) atoms. The van der Waals surface area contributed by atoms with Gasteiger partial charge in [0.1, 0.15) is 5.58 Å². The highest BCUT2D eigenvalue weighted by Gasteiger charge is 2.44. The first-order chi connectivity index (χ1) is 16.4. The minimum Gasteiger partial charge on any atom is -0.487 e. The molecule has 0 spiro atoms. The van der Waals surface area contributed by atoms with Gasteiger partial charge in [-0.1, -0.05) is 43.7 Å². The Kier molecular flexibility index (Phi) is 7.08. The highest BCUT2D eigenvalue weighted by molar-refractivity contribution is 5.96. The lowest BCUT2D eigenvalue weighted by atomic mass is 9.97. The fraction of sp³-hybridized carbons (Fsp3) is 0.429. The fourth-order valence-electron chi connectivity index (χ4n) is 4.81. The first-order valence-corrected chi connectivity index (χ1v) is 12.2. The molecule has 1 aliphatic rings. The quantitative estimate of drug-likeness (QED) is 0.436. The average molecular weight is 464 g/mol. The molecule has 0 amide bonds. The van der Waals surface area contributed by atoms with Gasteiger partial charge in [-0.3, -0.25) is 4.79 Å². The van der Waals surface area contributed by atoms with Crippen molar-refractivity contribution >= 4 is 16.9 Å². The van der Waals surface area contributed by atoms with Gasteiger partial charge < -0.3 is 19.2 Å². The number of hydrogen-bond donors (Lipinski definition) is 1. The van der Waals surface area contributed by atoms with Gasteiger partial charge in [0.2, 0.25) is 11.2 Å². The number of carboxylic acid groups (broad SMARTS) is 1. The fourth-order valence-corrected chi connectivity index (χ4v) is 4.81. The Labute approximate surface area is 200 Å². The second-order valence-corrected chi connectivity index (χ2v) is 8.96. The van der Waals surface area contributed by atoms with Crippen LogP contribution in [0.1, 0.15) is 71.8 Å². The lowest BCUT2D eigenvalue weighted by molar-refractivity contribution is 0.0695. The van der Waals surface area contributed by atoms with Crippen molar-refractivity contribution in [1.82, 2.24) is 4.90 Å². The van der Waals surface area contributed by atoms with E-state index in [-0.39, 0.29) is 28.6 Å². The number of ether oxygens (including phenoxy) is 1. The third kappa shape index (κ3) is 4.60. The van der Waals surface area contributed by atoms with Gasteiger partial charge in [0.15, 0.2) is 5.76 Å². The predicted molar refractivity (Wildman–Crippen MR) is 133 cm³/mol. The number of fused-ring (bicyclic) bond motifs is 1. The van der Waals surface area contributed by atoms with Crippen LogP contribution < -0.4 is 10.2 Å². The third-order valence-corrected chi connectivity index (χ3v) is 6.88. The van der Waals surface area contributed by atoms with Crippen molar-refractivity contribution < 1.29 is 19.1 Å². The zero-order valence-corrected chi connectivity index (χ0v) is 20.4. The third-order valence-electron chi connectivity index (χ3n) is 6.88. The van der Waals surface area contributed by atoms with Gasteiger partial charge >= 0.3 is 5.97 Å². The van der Waals surface area contributed by atoms with E-state index < -0.39 is 5.97 Å². The SMILES string of the molecule is CCOc1c(C2CC2c2ccc(C)cc2)oc2ccc(C(=O)O)c(CCN(CC)CC)c2c1=O. The van der Waals surface area contributed by atoms with E-state index in [4.69, 9.17) is 9.15 Å². The van der Waals surface area contributed by atoms with E-state index >= 15 is 0 Å². The molecular weight excluding hydrogens is 430 g/mol. The lowest BCUT2D eigenvalue weighted by Gasteiger charge is -2.19. The summed E-state index contributed by atoms with van der Waals surface area (Å²) in [6, 6.07) is 11.6. The predicted octanol–water partition coefficient (Wildman–Crippen LogP) is 5.35. The Morgan fingerprint density at radius 1 is 1.09 bits per heavy atom. The van der Waals surface area contributed by atoms with Crippen LogP contribution in [0.15, 0.2) is 45.6 Å². The van der Waals surface area contributed by atoms with Crippen LogP contribution >= 0.6 is 0 Å². The molecule has 2 aromatic carbocycles. The second kappa shape index (κ2) is 10.0. The summed E-state index contributed by atoms with van der Waals surface area (Å²) in [5.41, 5.74) is 3.25. The smallest absolute Gasteiger partial charge is 0.335 e. The summed E-state index contributed by atoms with van der Waals surface area (Å²) < 4.78 is 12.2. The van der Waals surface area contributed by atoms with Crippen LogP contribution in [0.5, 0.6) is 5.75 Å². The molecule has 1 aromatic heterocycles. The van der Waals surface area contributed by atoms with Gasteiger partial charge in [-0.15, -0.1) is 0 Å².